The van der Waals surface area contributed by atoms with E-state index in [0.29, 0.717) is 0 Å². The first kappa shape index (κ1) is 26.0. The van der Waals surface area contributed by atoms with E-state index in [1.54, 1.807) is 0 Å². The van der Waals surface area contributed by atoms with Gasteiger partial charge in [0.05, 0.1) is 6.17 Å². The second-order valence-corrected chi connectivity index (χ2v) is 11.0. The molecule has 5 aromatic carbocycles. The first-order valence-corrected chi connectivity index (χ1v) is 13.9. The molecule has 2 unspecified atom stereocenters. The molecular formula is C36H36N4. The fraction of sp³-hybridized carbons (Fsp3) is 0.167. The van der Waals surface area contributed by atoms with Crippen molar-refractivity contribution in [2.24, 2.45) is 5.73 Å². The highest BCUT2D eigenvalue weighted by Crippen LogP contribution is 2.51. The van der Waals surface area contributed by atoms with Crippen LogP contribution in [0.15, 0.2) is 127 Å². The van der Waals surface area contributed by atoms with Crippen LogP contribution in [-0.4, -0.2) is 6.29 Å². The van der Waals surface area contributed by atoms with Crippen LogP contribution in [0, 0.1) is 0 Å². The third kappa shape index (κ3) is 5.17. The van der Waals surface area contributed by atoms with Crippen molar-refractivity contribution in [2.45, 2.75) is 38.3 Å². The molecule has 0 radical (unpaired) electrons. The van der Waals surface area contributed by atoms with E-state index in [1.807, 2.05) is 12.1 Å². The lowest BCUT2D eigenvalue weighted by Crippen LogP contribution is -2.49. The second-order valence-electron chi connectivity index (χ2n) is 11.0. The van der Waals surface area contributed by atoms with E-state index < -0.39 is 6.29 Å². The smallest absolute Gasteiger partial charge is 0.131 e. The third-order valence-corrected chi connectivity index (χ3v) is 7.95. The molecule has 5 N–H and O–H groups in total. The summed E-state index contributed by atoms with van der Waals surface area (Å²) in [6.07, 6.45) is -0.642. The molecule has 0 spiro atoms. The van der Waals surface area contributed by atoms with E-state index in [2.05, 4.69) is 145 Å². The van der Waals surface area contributed by atoms with E-state index >= 15 is 0 Å². The van der Waals surface area contributed by atoms with E-state index in [1.165, 1.54) is 27.8 Å². The molecule has 4 nitrogen and oxygen atoms in total. The molecule has 200 valence electrons. The van der Waals surface area contributed by atoms with Crippen LogP contribution in [-0.2, 0) is 12.0 Å². The van der Waals surface area contributed by atoms with Crippen LogP contribution in [0.3, 0.4) is 0 Å². The van der Waals surface area contributed by atoms with Gasteiger partial charge in [-0.15, -0.1) is 0 Å². The van der Waals surface area contributed by atoms with Crippen molar-refractivity contribution in [3.8, 4) is 22.3 Å². The molecule has 0 bridgehead atoms. The molecule has 0 aliphatic heterocycles. The lowest BCUT2D eigenvalue weighted by molar-refractivity contribution is 0.399. The van der Waals surface area contributed by atoms with Crippen molar-refractivity contribution in [2.75, 3.05) is 5.32 Å². The molecule has 1 aliphatic carbocycles. The van der Waals surface area contributed by atoms with Crippen LogP contribution in [0.1, 0.15) is 42.3 Å². The Morgan fingerprint density at radius 2 is 1.27 bits per heavy atom. The number of nitrogens with two attached hydrogens (primary N) is 1. The number of hydrogen-bond donors (Lipinski definition) is 4. The summed E-state index contributed by atoms with van der Waals surface area (Å²) >= 11 is 0. The number of anilines is 1. The topological polar surface area (TPSA) is 62.1 Å². The molecule has 0 aromatic heterocycles. The maximum absolute atomic E-state index is 6.79. The molecular weight excluding hydrogens is 488 g/mol. The quantitative estimate of drug-likeness (QED) is 0.152. The zero-order valence-electron chi connectivity index (χ0n) is 23.1. The van der Waals surface area contributed by atoms with Crippen LogP contribution in [0.25, 0.3) is 22.3 Å². The first-order chi connectivity index (χ1) is 19.5. The SMILES string of the molecule is CC1(C)c2ccccc2-c2cc(NC(N)NC(NCc3ccccc3)c3ccccc3)c(-c3ccccc3)cc21. The van der Waals surface area contributed by atoms with Gasteiger partial charge in [-0.1, -0.05) is 129 Å². The minimum Gasteiger partial charge on any atom is -0.357 e. The number of nitrogens with one attached hydrogen (secondary N) is 3. The molecule has 40 heavy (non-hydrogen) atoms. The van der Waals surface area contributed by atoms with E-state index in [9.17, 15) is 0 Å². The molecule has 2 atom stereocenters. The van der Waals surface area contributed by atoms with Gasteiger partial charge in [0.25, 0.3) is 0 Å². The summed E-state index contributed by atoms with van der Waals surface area (Å²) in [7, 11) is 0. The Labute approximate surface area is 237 Å². The van der Waals surface area contributed by atoms with Crippen molar-refractivity contribution in [1.29, 1.82) is 0 Å². The lowest BCUT2D eigenvalue weighted by Gasteiger charge is -2.28. The first-order valence-electron chi connectivity index (χ1n) is 13.9. The summed E-state index contributed by atoms with van der Waals surface area (Å²) in [5, 5.41) is 10.9. The van der Waals surface area contributed by atoms with Gasteiger partial charge in [0, 0.05) is 23.2 Å². The summed E-state index contributed by atoms with van der Waals surface area (Å²) in [5.41, 5.74) is 17.6. The zero-order valence-corrected chi connectivity index (χ0v) is 23.1. The zero-order chi connectivity index (χ0) is 27.5. The highest BCUT2D eigenvalue weighted by Gasteiger charge is 2.36. The highest BCUT2D eigenvalue weighted by atomic mass is 15.3. The Morgan fingerprint density at radius 3 is 2.00 bits per heavy atom. The molecule has 0 heterocycles. The fourth-order valence-electron chi connectivity index (χ4n) is 5.85. The van der Waals surface area contributed by atoms with E-state index in [4.69, 9.17) is 5.73 Å². The Morgan fingerprint density at radius 1 is 0.650 bits per heavy atom. The van der Waals surface area contributed by atoms with Gasteiger partial charge >= 0.3 is 0 Å². The Bertz CT molecular complexity index is 1580. The lowest BCUT2D eigenvalue weighted by atomic mass is 9.81. The number of fused-ring (bicyclic) bond motifs is 3. The molecule has 4 heteroatoms. The summed E-state index contributed by atoms with van der Waals surface area (Å²) in [5.74, 6) is 0. The minimum atomic E-state index is -0.501. The number of benzene rings is 5. The predicted molar refractivity (Wildman–Crippen MR) is 167 cm³/mol. The largest absolute Gasteiger partial charge is 0.357 e. The summed E-state index contributed by atoms with van der Waals surface area (Å²) < 4.78 is 0. The third-order valence-electron chi connectivity index (χ3n) is 7.95. The van der Waals surface area contributed by atoms with Crippen molar-refractivity contribution in [3.05, 3.63) is 150 Å². The molecule has 5 aromatic rings. The molecule has 1 aliphatic rings. The Kier molecular flexibility index (Phi) is 7.23. The monoisotopic (exact) mass is 524 g/mol. The summed E-state index contributed by atoms with van der Waals surface area (Å²) in [6.45, 7) is 5.35. The van der Waals surface area contributed by atoms with Gasteiger partial charge in [0.1, 0.15) is 6.29 Å². The average Bonchev–Trinajstić information content (AvgIpc) is 3.22. The number of rotatable bonds is 9. The molecule has 0 saturated carbocycles. The fourth-order valence-corrected chi connectivity index (χ4v) is 5.85. The molecule has 0 fully saturated rings. The molecule has 0 amide bonds. The van der Waals surface area contributed by atoms with Crippen LogP contribution >= 0.6 is 0 Å². The van der Waals surface area contributed by atoms with Gasteiger partial charge < -0.3 is 5.32 Å². The van der Waals surface area contributed by atoms with Gasteiger partial charge in [-0.05, 0) is 51.1 Å². The van der Waals surface area contributed by atoms with Gasteiger partial charge in [-0.25, -0.2) is 0 Å². The van der Waals surface area contributed by atoms with Crippen molar-refractivity contribution in [1.82, 2.24) is 10.6 Å². The van der Waals surface area contributed by atoms with Gasteiger partial charge in [-0.3, -0.25) is 16.4 Å². The van der Waals surface area contributed by atoms with Crippen LogP contribution in [0.4, 0.5) is 5.69 Å². The second kappa shape index (κ2) is 11.1. The Balaban J connectivity index is 1.33. The summed E-state index contributed by atoms with van der Waals surface area (Å²) in [6, 6.07) is 44.7. The minimum absolute atomic E-state index is 0.0753. The maximum atomic E-state index is 6.79. The van der Waals surface area contributed by atoms with Gasteiger partial charge in [0.15, 0.2) is 0 Å². The van der Waals surface area contributed by atoms with Gasteiger partial charge in [-0.2, -0.15) is 0 Å². The highest BCUT2D eigenvalue weighted by molar-refractivity contribution is 5.90. The Hall–Kier alpha value is -4.22. The molecule has 0 saturated heterocycles. The van der Waals surface area contributed by atoms with Crippen molar-refractivity contribution >= 4 is 5.69 Å². The van der Waals surface area contributed by atoms with E-state index in [-0.39, 0.29) is 11.6 Å². The van der Waals surface area contributed by atoms with Gasteiger partial charge in [0.2, 0.25) is 0 Å². The van der Waals surface area contributed by atoms with Crippen molar-refractivity contribution in [3.63, 3.8) is 0 Å². The van der Waals surface area contributed by atoms with Crippen molar-refractivity contribution < 1.29 is 0 Å². The van der Waals surface area contributed by atoms with Crippen LogP contribution in [0.2, 0.25) is 0 Å². The number of hydrogen-bond acceptors (Lipinski definition) is 4. The maximum Gasteiger partial charge on any atom is 0.131 e. The normalized spacial score (nSPS) is 14.7. The molecule has 6 rings (SSSR count). The predicted octanol–water partition coefficient (Wildman–Crippen LogP) is 7.39. The van der Waals surface area contributed by atoms with Crippen LogP contribution < -0.4 is 21.7 Å². The van der Waals surface area contributed by atoms with Crippen LogP contribution in [0.5, 0.6) is 0 Å². The summed E-state index contributed by atoms with van der Waals surface area (Å²) in [4.78, 5) is 0. The van der Waals surface area contributed by atoms with E-state index in [0.717, 1.165) is 28.9 Å². The standard InChI is InChI=1S/C36H36N4/c1-36(2)31-21-13-12-20-28(31)30-23-33(29(22-32(30)36)26-16-8-4-9-17-26)39-35(37)40-34(27-18-10-5-11-19-27)38-24-25-14-6-3-7-15-25/h3-23,34-35,38-40H,24,37H2,1-2H3. The average molecular weight is 525 g/mol.